The SMILES string of the molecule is c1ccc(-c2ccc(N(c3ccccc3)c3ccc4c(c3)oc3cc5ccccc5cc34)c3ccccc23)cc1. The van der Waals surface area contributed by atoms with Crippen LogP contribution in [-0.2, 0) is 0 Å². The number of para-hydroxylation sites is 1. The largest absolute Gasteiger partial charge is 0.456 e. The van der Waals surface area contributed by atoms with Crippen LogP contribution in [0.1, 0.15) is 0 Å². The second-order valence-electron chi connectivity index (χ2n) is 10.2. The molecule has 0 aliphatic carbocycles. The highest BCUT2D eigenvalue weighted by atomic mass is 16.3. The molecule has 0 spiro atoms. The van der Waals surface area contributed by atoms with Crippen LogP contribution in [0.4, 0.5) is 17.1 Å². The average Bonchev–Trinajstić information content (AvgIpc) is 3.37. The molecule has 0 radical (unpaired) electrons. The van der Waals surface area contributed by atoms with Gasteiger partial charge in [0.15, 0.2) is 0 Å². The van der Waals surface area contributed by atoms with E-state index >= 15 is 0 Å². The number of nitrogens with zero attached hydrogens (tertiary/aromatic N) is 1. The number of fused-ring (bicyclic) bond motifs is 5. The third-order valence-corrected chi connectivity index (χ3v) is 7.82. The van der Waals surface area contributed by atoms with Crippen LogP contribution < -0.4 is 4.90 Å². The Kier molecular flexibility index (Phi) is 5.17. The lowest BCUT2D eigenvalue weighted by atomic mass is 9.96. The Bertz CT molecular complexity index is 2160. The van der Waals surface area contributed by atoms with E-state index in [2.05, 4.69) is 157 Å². The summed E-state index contributed by atoms with van der Waals surface area (Å²) in [5, 5.41) is 7.10. The molecule has 0 saturated heterocycles. The van der Waals surface area contributed by atoms with Gasteiger partial charge in [-0.05, 0) is 69.8 Å². The molecule has 2 nitrogen and oxygen atoms in total. The first-order valence-corrected chi connectivity index (χ1v) is 13.6. The number of benzene rings is 7. The number of furan rings is 1. The summed E-state index contributed by atoms with van der Waals surface area (Å²) in [4.78, 5) is 2.33. The van der Waals surface area contributed by atoms with Gasteiger partial charge >= 0.3 is 0 Å². The first-order valence-electron chi connectivity index (χ1n) is 13.6. The average molecular weight is 512 g/mol. The van der Waals surface area contributed by atoms with Crippen LogP contribution in [0.3, 0.4) is 0 Å². The lowest BCUT2D eigenvalue weighted by Gasteiger charge is -2.27. The van der Waals surface area contributed by atoms with E-state index in [1.807, 2.05) is 0 Å². The molecule has 0 saturated carbocycles. The van der Waals surface area contributed by atoms with Crippen LogP contribution in [0.5, 0.6) is 0 Å². The van der Waals surface area contributed by atoms with Crippen LogP contribution in [0.15, 0.2) is 156 Å². The first-order chi connectivity index (χ1) is 19.8. The van der Waals surface area contributed by atoms with E-state index in [1.54, 1.807) is 0 Å². The lowest BCUT2D eigenvalue weighted by Crippen LogP contribution is -2.10. The fraction of sp³-hybridized carbons (Fsp3) is 0. The Labute approximate surface area is 232 Å². The van der Waals surface area contributed by atoms with Crippen LogP contribution in [0.25, 0.3) is 54.6 Å². The molecule has 0 fully saturated rings. The molecule has 0 aliphatic heterocycles. The highest BCUT2D eigenvalue weighted by molar-refractivity contribution is 6.11. The van der Waals surface area contributed by atoms with Gasteiger partial charge in [0.2, 0.25) is 0 Å². The molecule has 7 aromatic carbocycles. The topological polar surface area (TPSA) is 16.4 Å². The minimum Gasteiger partial charge on any atom is -0.456 e. The second-order valence-corrected chi connectivity index (χ2v) is 10.2. The van der Waals surface area contributed by atoms with Crippen molar-refractivity contribution < 1.29 is 4.42 Å². The zero-order valence-electron chi connectivity index (χ0n) is 21.8. The summed E-state index contributed by atoms with van der Waals surface area (Å²) in [6, 6.07) is 53.8. The minimum absolute atomic E-state index is 0.883. The predicted molar refractivity (Wildman–Crippen MR) is 169 cm³/mol. The van der Waals surface area contributed by atoms with E-state index in [-0.39, 0.29) is 0 Å². The molecule has 0 aliphatic rings. The van der Waals surface area contributed by atoms with Crippen molar-refractivity contribution in [2.75, 3.05) is 4.90 Å². The third-order valence-electron chi connectivity index (χ3n) is 7.82. The number of anilines is 3. The highest BCUT2D eigenvalue weighted by Gasteiger charge is 2.19. The van der Waals surface area contributed by atoms with E-state index < -0.39 is 0 Å². The molecule has 40 heavy (non-hydrogen) atoms. The molecule has 0 N–H and O–H groups in total. The molecule has 0 bridgehead atoms. The summed E-state index contributed by atoms with van der Waals surface area (Å²) in [5.74, 6) is 0. The fourth-order valence-electron chi connectivity index (χ4n) is 5.94. The van der Waals surface area contributed by atoms with Crippen molar-refractivity contribution >= 4 is 60.5 Å². The molecule has 1 aromatic heterocycles. The van der Waals surface area contributed by atoms with Gasteiger partial charge in [-0.1, -0.05) is 103 Å². The smallest absolute Gasteiger partial charge is 0.137 e. The van der Waals surface area contributed by atoms with E-state index in [4.69, 9.17) is 4.42 Å². The standard InChI is InChI=1S/C38H25NO/c1-3-11-26(12-4-1)31-21-22-36(33-18-10-9-17-32(31)33)39(29-15-5-2-6-16-29)30-19-20-34-35-23-27-13-7-8-14-28(27)24-37(35)40-38(34)25-30/h1-25H. The maximum absolute atomic E-state index is 6.46. The first kappa shape index (κ1) is 22.6. The number of hydrogen-bond acceptors (Lipinski definition) is 2. The zero-order chi connectivity index (χ0) is 26.5. The summed E-state index contributed by atoms with van der Waals surface area (Å²) in [6.07, 6.45) is 0. The third kappa shape index (κ3) is 3.65. The van der Waals surface area contributed by atoms with Crippen LogP contribution >= 0.6 is 0 Å². The van der Waals surface area contributed by atoms with Gasteiger partial charge in [-0.15, -0.1) is 0 Å². The molecule has 1 heterocycles. The van der Waals surface area contributed by atoms with E-state index in [0.717, 1.165) is 39.0 Å². The molecule has 0 unspecified atom stereocenters. The Morgan fingerprint density at radius 2 is 1.05 bits per heavy atom. The molecule has 8 rings (SSSR count). The highest BCUT2D eigenvalue weighted by Crippen LogP contribution is 2.43. The van der Waals surface area contributed by atoms with Gasteiger partial charge in [0.25, 0.3) is 0 Å². The Hall–Kier alpha value is -5.34. The zero-order valence-corrected chi connectivity index (χ0v) is 21.8. The van der Waals surface area contributed by atoms with Crippen LogP contribution in [0, 0.1) is 0 Å². The summed E-state index contributed by atoms with van der Waals surface area (Å²) in [7, 11) is 0. The van der Waals surface area contributed by atoms with Crippen molar-refractivity contribution in [3.8, 4) is 11.1 Å². The number of rotatable bonds is 4. The molecule has 0 atom stereocenters. The Balaban J connectivity index is 1.35. The van der Waals surface area contributed by atoms with Gasteiger partial charge in [-0.3, -0.25) is 0 Å². The summed E-state index contributed by atoms with van der Waals surface area (Å²) in [5.41, 5.74) is 7.52. The second kappa shape index (κ2) is 9.14. The van der Waals surface area contributed by atoms with E-state index in [0.29, 0.717) is 0 Å². The number of hydrogen-bond donors (Lipinski definition) is 0. The van der Waals surface area contributed by atoms with Gasteiger partial charge in [0.05, 0.1) is 5.69 Å². The van der Waals surface area contributed by atoms with Gasteiger partial charge in [0.1, 0.15) is 11.2 Å². The fourth-order valence-corrected chi connectivity index (χ4v) is 5.94. The van der Waals surface area contributed by atoms with Gasteiger partial charge < -0.3 is 9.32 Å². The van der Waals surface area contributed by atoms with Crippen molar-refractivity contribution in [3.63, 3.8) is 0 Å². The Morgan fingerprint density at radius 1 is 0.400 bits per heavy atom. The maximum atomic E-state index is 6.46. The van der Waals surface area contributed by atoms with Crippen LogP contribution in [0.2, 0.25) is 0 Å². The molecule has 0 amide bonds. The van der Waals surface area contributed by atoms with Crippen LogP contribution in [-0.4, -0.2) is 0 Å². The van der Waals surface area contributed by atoms with Gasteiger partial charge in [0, 0.05) is 33.6 Å². The normalized spacial score (nSPS) is 11.5. The molecule has 8 aromatic rings. The van der Waals surface area contributed by atoms with Crippen molar-refractivity contribution in [1.29, 1.82) is 0 Å². The predicted octanol–water partition coefficient (Wildman–Crippen LogP) is 11.0. The summed E-state index contributed by atoms with van der Waals surface area (Å²) < 4.78 is 6.46. The minimum atomic E-state index is 0.883. The van der Waals surface area contributed by atoms with Gasteiger partial charge in [-0.25, -0.2) is 0 Å². The van der Waals surface area contributed by atoms with Crippen molar-refractivity contribution in [2.24, 2.45) is 0 Å². The quantitative estimate of drug-likeness (QED) is 0.234. The molecular formula is C38H25NO. The molecular weight excluding hydrogens is 486 g/mol. The van der Waals surface area contributed by atoms with Crippen molar-refractivity contribution in [3.05, 3.63) is 152 Å². The van der Waals surface area contributed by atoms with Crippen molar-refractivity contribution in [2.45, 2.75) is 0 Å². The van der Waals surface area contributed by atoms with E-state index in [1.165, 1.54) is 32.7 Å². The summed E-state index contributed by atoms with van der Waals surface area (Å²) >= 11 is 0. The Morgan fingerprint density at radius 3 is 1.85 bits per heavy atom. The summed E-state index contributed by atoms with van der Waals surface area (Å²) in [6.45, 7) is 0. The van der Waals surface area contributed by atoms with Crippen molar-refractivity contribution in [1.82, 2.24) is 0 Å². The lowest BCUT2D eigenvalue weighted by molar-refractivity contribution is 0.669. The maximum Gasteiger partial charge on any atom is 0.137 e. The van der Waals surface area contributed by atoms with Gasteiger partial charge in [-0.2, -0.15) is 0 Å². The molecule has 188 valence electrons. The monoisotopic (exact) mass is 511 g/mol. The van der Waals surface area contributed by atoms with E-state index in [9.17, 15) is 0 Å². The molecule has 2 heteroatoms.